The summed E-state index contributed by atoms with van der Waals surface area (Å²) in [6.45, 7) is 7.50. The molecule has 5 N–H and O–H groups in total. The molecule has 1 heterocycles. The molecule has 0 saturated carbocycles. The highest BCUT2D eigenvalue weighted by Gasteiger charge is 2.15. The number of pyridine rings is 1. The minimum atomic E-state index is -0.120. The Balaban J connectivity index is 1.82. The molecule has 0 aliphatic rings. The number of benzene rings is 1. The van der Waals surface area contributed by atoms with Crippen LogP contribution >= 0.6 is 0 Å². The fourth-order valence-electron chi connectivity index (χ4n) is 2.02. The van der Waals surface area contributed by atoms with Gasteiger partial charge >= 0.3 is 0 Å². The van der Waals surface area contributed by atoms with Crippen molar-refractivity contribution in [2.24, 2.45) is 5.73 Å². The molecule has 0 unspecified atom stereocenters. The van der Waals surface area contributed by atoms with Gasteiger partial charge in [-0.2, -0.15) is 0 Å². The van der Waals surface area contributed by atoms with E-state index in [9.17, 15) is 0 Å². The fraction of sp³-hybridized carbons (Fsp3) is 0.389. The molecule has 2 rings (SSSR count). The zero-order chi connectivity index (χ0) is 16.9. The van der Waals surface area contributed by atoms with Gasteiger partial charge in [-0.05, 0) is 41.3 Å². The summed E-state index contributed by atoms with van der Waals surface area (Å²) in [6, 6.07) is 9.47. The van der Waals surface area contributed by atoms with E-state index in [-0.39, 0.29) is 11.5 Å². The van der Waals surface area contributed by atoms with E-state index in [1.165, 1.54) is 0 Å². The molecule has 1 aromatic heterocycles. The molecular weight excluding hydrogens is 288 g/mol. The first kappa shape index (κ1) is 17.1. The smallest absolute Gasteiger partial charge is 0.137 e. The van der Waals surface area contributed by atoms with Crippen LogP contribution < -0.4 is 21.5 Å². The first-order valence-corrected chi connectivity index (χ1v) is 7.78. The first-order chi connectivity index (χ1) is 10.8. The summed E-state index contributed by atoms with van der Waals surface area (Å²) in [5, 5.41) is 3.27. The highest BCUT2D eigenvalue weighted by atomic mass is 16.5. The number of anilines is 2. The van der Waals surface area contributed by atoms with Crippen molar-refractivity contribution in [2.75, 3.05) is 24.2 Å². The Morgan fingerprint density at radius 3 is 2.52 bits per heavy atom. The summed E-state index contributed by atoms with van der Waals surface area (Å²) >= 11 is 0. The monoisotopic (exact) mass is 314 g/mol. The third-order valence-corrected chi connectivity index (χ3v) is 3.52. The zero-order valence-corrected chi connectivity index (χ0v) is 14.0. The molecule has 0 saturated heterocycles. The van der Waals surface area contributed by atoms with Crippen molar-refractivity contribution < 1.29 is 4.74 Å². The predicted molar refractivity (Wildman–Crippen MR) is 95.8 cm³/mol. The van der Waals surface area contributed by atoms with Gasteiger partial charge in [0.15, 0.2) is 0 Å². The quantitative estimate of drug-likeness (QED) is 0.714. The standard InChI is InChI=1S/C18H26N4O/c1-18(2,3)13-8-17(11-21-9-13)23-12-15(20)10-22-16-6-4-14(19)5-7-16/h4-9,11,15,22H,10,12,19-20H2,1-3H3/t15-/m0/s1. The lowest BCUT2D eigenvalue weighted by atomic mass is 9.88. The second-order valence-corrected chi connectivity index (χ2v) is 6.73. The van der Waals surface area contributed by atoms with Crippen LogP contribution in [0.1, 0.15) is 26.3 Å². The van der Waals surface area contributed by atoms with Crippen LogP contribution in [0.2, 0.25) is 0 Å². The summed E-state index contributed by atoms with van der Waals surface area (Å²) in [7, 11) is 0. The zero-order valence-electron chi connectivity index (χ0n) is 14.0. The van der Waals surface area contributed by atoms with Gasteiger partial charge in [0.1, 0.15) is 12.4 Å². The van der Waals surface area contributed by atoms with E-state index >= 15 is 0 Å². The molecule has 0 spiro atoms. The van der Waals surface area contributed by atoms with Crippen molar-refractivity contribution >= 4 is 11.4 Å². The van der Waals surface area contributed by atoms with Crippen LogP contribution in [0, 0.1) is 0 Å². The van der Waals surface area contributed by atoms with Gasteiger partial charge in [-0.3, -0.25) is 4.98 Å². The van der Waals surface area contributed by atoms with E-state index in [0.29, 0.717) is 13.2 Å². The number of hydrogen-bond donors (Lipinski definition) is 3. The predicted octanol–water partition coefficient (Wildman–Crippen LogP) is 2.78. The molecule has 1 atom stereocenters. The van der Waals surface area contributed by atoms with Crippen LogP contribution in [-0.4, -0.2) is 24.2 Å². The van der Waals surface area contributed by atoms with Gasteiger partial charge in [-0.25, -0.2) is 0 Å². The Kier molecular flexibility index (Phi) is 5.45. The van der Waals surface area contributed by atoms with Crippen LogP contribution in [0.4, 0.5) is 11.4 Å². The summed E-state index contributed by atoms with van der Waals surface area (Å²) in [5.74, 6) is 0.750. The van der Waals surface area contributed by atoms with Crippen molar-refractivity contribution in [1.29, 1.82) is 0 Å². The highest BCUT2D eigenvalue weighted by molar-refractivity contribution is 5.51. The second-order valence-electron chi connectivity index (χ2n) is 6.73. The van der Waals surface area contributed by atoms with Crippen molar-refractivity contribution in [2.45, 2.75) is 32.2 Å². The summed E-state index contributed by atoms with van der Waals surface area (Å²) in [4.78, 5) is 4.24. The molecule has 0 amide bonds. The minimum absolute atomic E-state index is 0.0468. The SMILES string of the molecule is CC(C)(C)c1cncc(OC[C@@H](N)CNc2ccc(N)cc2)c1. The number of nitrogens with one attached hydrogen (secondary N) is 1. The molecule has 0 aliphatic heterocycles. The maximum atomic E-state index is 6.09. The number of hydrogen-bond acceptors (Lipinski definition) is 5. The summed E-state index contributed by atoms with van der Waals surface area (Å²) in [5.41, 5.74) is 14.7. The van der Waals surface area contributed by atoms with Crippen molar-refractivity contribution in [1.82, 2.24) is 4.98 Å². The van der Waals surface area contributed by atoms with E-state index < -0.39 is 0 Å². The lowest BCUT2D eigenvalue weighted by molar-refractivity contribution is 0.291. The van der Waals surface area contributed by atoms with Crippen molar-refractivity contribution in [3.8, 4) is 5.75 Å². The van der Waals surface area contributed by atoms with Crippen LogP contribution in [0.3, 0.4) is 0 Å². The third kappa shape index (κ3) is 5.45. The van der Waals surface area contributed by atoms with E-state index in [1.807, 2.05) is 36.5 Å². The number of rotatable bonds is 6. The normalized spacial score (nSPS) is 12.7. The van der Waals surface area contributed by atoms with E-state index in [2.05, 4.69) is 31.1 Å². The number of nitrogens with two attached hydrogens (primary N) is 2. The van der Waals surface area contributed by atoms with E-state index in [4.69, 9.17) is 16.2 Å². The molecule has 5 nitrogen and oxygen atoms in total. The number of aromatic nitrogens is 1. The molecule has 23 heavy (non-hydrogen) atoms. The molecule has 1 aromatic carbocycles. The first-order valence-electron chi connectivity index (χ1n) is 7.78. The van der Waals surface area contributed by atoms with Crippen LogP contribution in [0.5, 0.6) is 5.75 Å². The Labute approximate surface area is 138 Å². The number of nitrogens with zero attached hydrogens (tertiary/aromatic N) is 1. The van der Waals surface area contributed by atoms with E-state index in [1.54, 1.807) is 6.20 Å². The molecule has 0 aliphatic carbocycles. The average molecular weight is 314 g/mol. The van der Waals surface area contributed by atoms with Gasteiger partial charge in [0.25, 0.3) is 0 Å². The third-order valence-electron chi connectivity index (χ3n) is 3.52. The van der Waals surface area contributed by atoms with Gasteiger partial charge in [0.05, 0.1) is 12.2 Å². The Hall–Kier alpha value is -2.27. The Bertz CT molecular complexity index is 620. The molecule has 0 fully saturated rings. The van der Waals surface area contributed by atoms with Crippen molar-refractivity contribution in [3.05, 3.63) is 48.3 Å². The van der Waals surface area contributed by atoms with Gasteiger partial charge in [0, 0.05) is 24.1 Å². The topological polar surface area (TPSA) is 86.2 Å². The Morgan fingerprint density at radius 2 is 1.87 bits per heavy atom. The molecule has 124 valence electrons. The van der Waals surface area contributed by atoms with Crippen LogP contribution in [-0.2, 0) is 5.41 Å². The molecule has 5 heteroatoms. The van der Waals surface area contributed by atoms with Crippen molar-refractivity contribution in [3.63, 3.8) is 0 Å². The molecule has 2 aromatic rings. The van der Waals surface area contributed by atoms with Gasteiger partial charge in [-0.1, -0.05) is 20.8 Å². The van der Waals surface area contributed by atoms with Crippen LogP contribution in [0.15, 0.2) is 42.7 Å². The Morgan fingerprint density at radius 1 is 1.17 bits per heavy atom. The molecule has 0 radical (unpaired) electrons. The van der Waals surface area contributed by atoms with Gasteiger partial charge < -0.3 is 21.5 Å². The van der Waals surface area contributed by atoms with Crippen LogP contribution in [0.25, 0.3) is 0 Å². The summed E-state index contributed by atoms with van der Waals surface area (Å²) < 4.78 is 5.76. The maximum absolute atomic E-state index is 6.09. The molecular formula is C18H26N4O. The lowest BCUT2D eigenvalue weighted by Crippen LogP contribution is -2.35. The lowest BCUT2D eigenvalue weighted by Gasteiger charge is -2.20. The average Bonchev–Trinajstić information content (AvgIpc) is 2.52. The fourth-order valence-corrected chi connectivity index (χ4v) is 2.02. The van der Waals surface area contributed by atoms with E-state index in [0.717, 1.165) is 22.7 Å². The summed E-state index contributed by atoms with van der Waals surface area (Å²) in [6.07, 6.45) is 3.59. The maximum Gasteiger partial charge on any atom is 0.137 e. The second kappa shape index (κ2) is 7.33. The number of ether oxygens (including phenoxy) is 1. The highest BCUT2D eigenvalue weighted by Crippen LogP contribution is 2.24. The van der Waals surface area contributed by atoms with Gasteiger partial charge in [-0.15, -0.1) is 0 Å². The minimum Gasteiger partial charge on any atom is -0.490 e. The molecule has 0 bridgehead atoms. The van der Waals surface area contributed by atoms with Gasteiger partial charge in [0.2, 0.25) is 0 Å². The number of nitrogen functional groups attached to an aromatic ring is 1. The largest absolute Gasteiger partial charge is 0.490 e.